The van der Waals surface area contributed by atoms with Crippen molar-refractivity contribution >= 4 is 28.4 Å². The SMILES string of the molecule is Cn1c(CC(N)=O)cc2cc(Cl)ccc21. The molecule has 4 heteroatoms. The van der Waals surface area contributed by atoms with Gasteiger partial charge in [-0.3, -0.25) is 4.79 Å². The molecular weight excluding hydrogens is 212 g/mol. The molecule has 1 amide bonds. The zero-order valence-electron chi connectivity index (χ0n) is 8.33. The summed E-state index contributed by atoms with van der Waals surface area (Å²) < 4.78 is 1.95. The van der Waals surface area contributed by atoms with E-state index in [-0.39, 0.29) is 12.3 Å². The van der Waals surface area contributed by atoms with Crippen LogP contribution >= 0.6 is 11.6 Å². The van der Waals surface area contributed by atoms with E-state index in [0.717, 1.165) is 16.6 Å². The number of hydrogen-bond acceptors (Lipinski definition) is 1. The zero-order valence-corrected chi connectivity index (χ0v) is 9.08. The number of amides is 1. The van der Waals surface area contributed by atoms with E-state index in [1.165, 1.54) is 0 Å². The molecule has 0 aliphatic heterocycles. The van der Waals surface area contributed by atoms with E-state index in [9.17, 15) is 4.79 Å². The quantitative estimate of drug-likeness (QED) is 0.829. The summed E-state index contributed by atoms with van der Waals surface area (Å²) in [5.74, 6) is -0.327. The highest BCUT2D eigenvalue weighted by Crippen LogP contribution is 2.22. The lowest BCUT2D eigenvalue weighted by molar-refractivity contribution is -0.117. The molecule has 3 nitrogen and oxygen atoms in total. The average Bonchev–Trinajstić information content (AvgIpc) is 2.42. The Morgan fingerprint density at radius 3 is 2.87 bits per heavy atom. The van der Waals surface area contributed by atoms with Gasteiger partial charge in [0.15, 0.2) is 0 Å². The van der Waals surface area contributed by atoms with E-state index in [2.05, 4.69) is 0 Å². The molecule has 2 N–H and O–H groups in total. The van der Waals surface area contributed by atoms with E-state index in [1.807, 2.05) is 35.9 Å². The number of aromatic nitrogens is 1. The van der Waals surface area contributed by atoms with E-state index in [4.69, 9.17) is 17.3 Å². The van der Waals surface area contributed by atoms with Gasteiger partial charge in [0.25, 0.3) is 0 Å². The molecule has 15 heavy (non-hydrogen) atoms. The van der Waals surface area contributed by atoms with Crippen LogP contribution in [0.25, 0.3) is 10.9 Å². The highest BCUT2D eigenvalue weighted by Gasteiger charge is 2.07. The fourth-order valence-electron chi connectivity index (χ4n) is 1.73. The first-order valence-electron chi connectivity index (χ1n) is 4.60. The molecule has 0 fully saturated rings. The lowest BCUT2D eigenvalue weighted by Crippen LogP contribution is -2.15. The maximum absolute atomic E-state index is 10.8. The van der Waals surface area contributed by atoms with Gasteiger partial charge in [-0.2, -0.15) is 0 Å². The summed E-state index contributed by atoms with van der Waals surface area (Å²) in [6, 6.07) is 7.58. The van der Waals surface area contributed by atoms with Crippen LogP contribution < -0.4 is 5.73 Å². The molecule has 0 unspecified atom stereocenters. The molecule has 0 bridgehead atoms. The molecule has 1 aromatic carbocycles. The Morgan fingerprint density at radius 1 is 1.47 bits per heavy atom. The maximum atomic E-state index is 10.8. The van der Waals surface area contributed by atoms with Gasteiger partial charge in [-0.1, -0.05) is 11.6 Å². The Labute approximate surface area is 92.4 Å². The molecule has 0 radical (unpaired) electrons. The van der Waals surface area contributed by atoms with Crippen LogP contribution in [0.5, 0.6) is 0 Å². The molecule has 1 aromatic heterocycles. The summed E-state index contributed by atoms with van der Waals surface area (Å²) in [5.41, 5.74) is 7.12. The van der Waals surface area contributed by atoms with Crippen molar-refractivity contribution in [2.75, 3.05) is 0 Å². The maximum Gasteiger partial charge on any atom is 0.223 e. The molecule has 0 saturated carbocycles. The Hall–Kier alpha value is -1.48. The second-order valence-corrected chi connectivity index (χ2v) is 3.98. The lowest BCUT2D eigenvalue weighted by atomic mass is 10.2. The fraction of sp³-hybridized carbons (Fsp3) is 0.182. The first kappa shape index (κ1) is 10.1. The molecule has 78 valence electrons. The number of nitrogens with two attached hydrogens (primary N) is 1. The number of rotatable bonds is 2. The van der Waals surface area contributed by atoms with Crippen LogP contribution in [0.15, 0.2) is 24.3 Å². The van der Waals surface area contributed by atoms with Gasteiger partial charge in [0.1, 0.15) is 0 Å². The predicted molar refractivity (Wildman–Crippen MR) is 60.8 cm³/mol. The fourth-order valence-corrected chi connectivity index (χ4v) is 1.91. The normalized spacial score (nSPS) is 10.8. The monoisotopic (exact) mass is 222 g/mol. The van der Waals surface area contributed by atoms with E-state index >= 15 is 0 Å². The van der Waals surface area contributed by atoms with Crippen LogP contribution in [0.2, 0.25) is 5.02 Å². The van der Waals surface area contributed by atoms with Gasteiger partial charge in [0.2, 0.25) is 5.91 Å². The van der Waals surface area contributed by atoms with Crippen molar-refractivity contribution in [3.8, 4) is 0 Å². The van der Waals surface area contributed by atoms with Crippen molar-refractivity contribution in [1.82, 2.24) is 4.57 Å². The van der Waals surface area contributed by atoms with E-state index in [1.54, 1.807) is 0 Å². The van der Waals surface area contributed by atoms with Gasteiger partial charge in [-0.25, -0.2) is 0 Å². The van der Waals surface area contributed by atoms with Gasteiger partial charge in [0, 0.05) is 28.7 Å². The summed E-state index contributed by atoms with van der Waals surface area (Å²) in [4.78, 5) is 10.8. The Kier molecular flexibility index (Phi) is 2.40. The topological polar surface area (TPSA) is 48.0 Å². The van der Waals surface area contributed by atoms with Crippen molar-refractivity contribution in [2.24, 2.45) is 12.8 Å². The smallest absolute Gasteiger partial charge is 0.223 e. The number of nitrogens with zero attached hydrogens (tertiary/aromatic N) is 1. The highest BCUT2D eigenvalue weighted by atomic mass is 35.5. The molecule has 0 spiro atoms. The van der Waals surface area contributed by atoms with Crippen molar-refractivity contribution in [1.29, 1.82) is 0 Å². The third-order valence-electron chi connectivity index (χ3n) is 2.46. The zero-order chi connectivity index (χ0) is 11.0. The summed E-state index contributed by atoms with van der Waals surface area (Å²) in [5, 5.41) is 1.72. The molecule has 0 atom stereocenters. The van der Waals surface area contributed by atoms with Crippen LogP contribution in [0, 0.1) is 0 Å². The minimum Gasteiger partial charge on any atom is -0.369 e. The summed E-state index contributed by atoms with van der Waals surface area (Å²) in [6.45, 7) is 0. The van der Waals surface area contributed by atoms with Crippen molar-refractivity contribution in [2.45, 2.75) is 6.42 Å². The van der Waals surface area contributed by atoms with Gasteiger partial charge in [-0.15, -0.1) is 0 Å². The number of carbonyl (C=O) groups excluding carboxylic acids is 1. The molecule has 0 aliphatic rings. The third-order valence-corrected chi connectivity index (χ3v) is 2.69. The van der Waals surface area contributed by atoms with E-state index < -0.39 is 0 Å². The van der Waals surface area contributed by atoms with Crippen LogP contribution in [0.4, 0.5) is 0 Å². The first-order chi connectivity index (χ1) is 7.08. The number of halogens is 1. The van der Waals surface area contributed by atoms with Gasteiger partial charge < -0.3 is 10.3 Å². The van der Waals surface area contributed by atoms with Gasteiger partial charge in [0.05, 0.1) is 6.42 Å². The molecule has 0 saturated heterocycles. The number of hydrogen-bond donors (Lipinski definition) is 1. The average molecular weight is 223 g/mol. The summed E-state index contributed by atoms with van der Waals surface area (Å²) in [6.07, 6.45) is 0.253. The van der Waals surface area contributed by atoms with Gasteiger partial charge in [-0.05, 0) is 24.3 Å². The molecular formula is C11H11ClN2O. The second-order valence-electron chi connectivity index (χ2n) is 3.54. The molecule has 2 aromatic rings. The van der Waals surface area contributed by atoms with Crippen molar-refractivity contribution < 1.29 is 4.79 Å². The summed E-state index contributed by atoms with van der Waals surface area (Å²) in [7, 11) is 1.91. The standard InChI is InChI=1S/C11H11ClN2O/c1-14-9(6-11(13)15)5-7-4-8(12)2-3-10(7)14/h2-5H,6H2,1H3,(H2,13,15). The number of primary amides is 1. The Balaban J connectivity index is 2.58. The van der Waals surface area contributed by atoms with Crippen LogP contribution in [0.1, 0.15) is 5.69 Å². The van der Waals surface area contributed by atoms with Crippen LogP contribution in [-0.2, 0) is 18.3 Å². The van der Waals surface area contributed by atoms with Crippen molar-refractivity contribution in [3.63, 3.8) is 0 Å². The molecule has 1 heterocycles. The third kappa shape index (κ3) is 1.83. The first-order valence-corrected chi connectivity index (χ1v) is 4.98. The minimum atomic E-state index is -0.327. The highest BCUT2D eigenvalue weighted by molar-refractivity contribution is 6.31. The van der Waals surface area contributed by atoms with Crippen LogP contribution in [-0.4, -0.2) is 10.5 Å². The summed E-state index contributed by atoms with van der Waals surface area (Å²) >= 11 is 5.89. The number of carbonyl (C=O) groups is 1. The molecule has 2 rings (SSSR count). The number of fused-ring (bicyclic) bond motifs is 1. The molecule has 0 aliphatic carbocycles. The predicted octanol–water partition coefficient (Wildman–Crippen LogP) is 1.86. The number of aryl methyl sites for hydroxylation is 1. The second kappa shape index (κ2) is 3.59. The lowest BCUT2D eigenvalue weighted by Gasteiger charge is -2.01. The van der Waals surface area contributed by atoms with E-state index in [0.29, 0.717) is 5.02 Å². The minimum absolute atomic E-state index is 0.253. The largest absolute Gasteiger partial charge is 0.369 e. The van der Waals surface area contributed by atoms with Gasteiger partial charge >= 0.3 is 0 Å². The Bertz CT molecular complexity index is 531. The number of benzene rings is 1. The Morgan fingerprint density at radius 2 is 2.20 bits per heavy atom. The van der Waals surface area contributed by atoms with Crippen molar-refractivity contribution in [3.05, 3.63) is 35.0 Å². The van der Waals surface area contributed by atoms with Crippen LogP contribution in [0.3, 0.4) is 0 Å².